The number of anilines is 4. The Bertz CT molecular complexity index is 2350. The summed E-state index contributed by atoms with van der Waals surface area (Å²) in [5, 5.41) is 0. The van der Waals surface area contributed by atoms with Crippen LogP contribution in [-0.4, -0.2) is 7.55 Å². The average molecular weight is 736 g/mol. The van der Waals surface area contributed by atoms with Crippen LogP contribution in [0, 0.1) is 0 Å². The van der Waals surface area contributed by atoms with Gasteiger partial charge >= 0.3 is 7.55 Å². The van der Waals surface area contributed by atoms with Crippen molar-refractivity contribution < 1.29 is 0 Å². The molecule has 8 rings (SSSR count). The molecule has 2 heterocycles. The highest BCUT2D eigenvalue weighted by atomic mass is 32.3. The van der Waals surface area contributed by atoms with Gasteiger partial charge in [-0.05, 0) is 109 Å². The van der Waals surface area contributed by atoms with Gasteiger partial charge in [0, 0.05) is 52.1 Å². The Morgan fingerprint density at radius 2 is 0.796 bits per heavy atom. The monoisotopic (exact) mass is 735 g/mol. The van der Waals surface area contributed by atoms with Gasteiger partial charge in [0.15, 0.2) is 0 Å². The first-order chi connectivity index (χ1) is 26.7. The van der Waals surface area contributed by atoms with E-state index in [0.29, 0.717) is 0 Å². The van der Waals surface area contributed by atoms with Gasteiger partial charge in [0.25, 0.3) is 0 Å². The molecule has 0 aliphatic carbocycles. The third-order valence-corrected chi connectivity index (χ3v) is 18.4. The number of hydrogen-bond acceptors (Lipinski definition) is 2. The summed E-state index contributed by atoms with van der Waals surface area (Å²) >= 11 is 0. The van der Waals surface area contributed by atoms with Gasteiger partial charge in [-0.2, -0.15) is 0 Å². The molecule has 265 valence electrons. The SMILES string of the molecule is C=C/C=C\C(=C/C)S1(c2ccccc2)c2ccccc2N([B]N2c3ccccc3S(C(/C=C\C)=C/C)(c3ccccc3)c3ccccc32)c2ccccc21. The Balaban J connectivity index is 1.39. The highest BCUT2D eigenvalue weighted by Gasteiger charge is 2.46. The molecule has 2 aliphatic heterocycles. The van der Waals surface area contributed by atoms with Gasteiger partial charge in [-0.1, -0.05) is 128 Å². The summed E-state index contributed by atoms with van der Waals surface area (Å²) < 4.78 is 0. The Morgan fingerprint density at radius 1 is 0.463 bits per heavy atom. The minimum atomic E-state index is -1.89. The van der Waals surface area contributed by atoms with E-state index in [9.17, 15) is 0 Å². The molecular formula is C49H44BN2S2. The van der Waals surface area contributed by atoms with Crippen LogP contribution in [0.3, 0.4) is 0 Å². The standard InChI is InChI=1S/C49H44BN2S2/c1-5-9-25-39(8-4)54(41-28-14-11-15-29-41)48-36-22-18-32-44(48)52(45-33-19-23-37-49(45)54)50-51-42-30-16-20-34-46(42)53(38(7-3)24-6-2,40-26-12-10-13-27-40)47-35-21-17-31-43(47)51/h5-37H,1H2,2-4H3/b24-6-,25-9-,38-7+,39-8+. The van der Waals surface area contributed by atoms with Gasteiger partial charge < -0.3 is 9.62 Å². The molecule has 0 fully saturated rings. The van der Waals surface area contributed by atoms with Gasteiger partial charge in [-0.15, -0.1) is 20.1 Å². The van der Waals surface area contributed by atoms with Crippen molar-refractivity contribution >= 4 is 50.4 Å². The number of hydrogen-bond donors (Lipinski definition) is 0. The van der Waals surface area contributed by atoms with Crippen molar-refractivity contribution in [3.05, 3.63) is 217 Å². The van der Waals surface area contributed by atoms with Crippen LogP contribution in [0.5, 0.6) is 0 Å². The Labute approximate surface area is 325 Å². The molecule has 0 spiro atoms. The van der Waals surface area contributed by atoms with Crippen LogP contribution in [0.15, 0.2) is 246 Å². The van der Waals surface area contributed by atoms with E-state index in [1.165, 1.54) is 61.9 Å². The van der Waals surface area contributed by atoms with Crippen molar-refractivity contribution in [2.75, 3.05) is 9.62 Å². The molecule has 0 atom stereocenters. The quantitative estimate of drug-likeness (QED) is 0.108. The van der Waals surface area contributed by atoms with E-state index < -0.39 is 20.1 Å². The van der Waals surface area contributed by atoms with Crippen molar-refractivity contribution in [3.63, 3.8) is 0 Å². The van der Waals surface area contributed by atoms with Crippen LogP contribution < -0.4 is 9.62 Å². The molecule has 0 amide bonds. The minimum Gasteiger partial charge on any atom is -0.367 e. The van der Waals surface area contributed by atoms with Gasteiger partial charge in [0.2, 0.25) is 0 Å². The van der Waals surface area contributed by atoms with Crippen molar-refractivity contribution in [1.82, 2.24) is 0 Å². The van der Waals surface area contributed by atoms with Crippen molar-refractivity contribution in [3.8, 4) is 0 Å². The van der Waals surface area contributed by atoms with E-state index in [-0.39, 0.29) is 0 Å². The third-order valence-electron chi connectivity index (χ3n) is 10.2. The maximum atomic E-state index is 4.04. The number of fused-ring (bicyclic) bond motifs is 4. The van der Waals surface area contributed by atoms with Crippen molar-refractivity contribution in [2.45, 2.75) is 50.1 Å². The van der Waals surface area contributed by atoms with E-state index in [1.807, 2.05) is 6.08 Å². The number of nitrogens with zero attached hydrogens (tertiary/aromatic N) is 2. The first-order valence-corrected chi connectivity index (χ1v) is 21.7. The fourth-order valence-electron chi connectivity index (χ4n) is 8.14. The predicted molar refractivity (Wildman–Crippen MR) is 235 cm³/mol. The molecule has 2 aliphatic rings. The first-order valence-electron chi connectivity index (χ1n) is 18.5. The fourth-order valence-corrected chi connectivity index (χ4v) is 16.7. The molecule has 2 nitrogen and oxygen atoms in total. The van der Waals surface area contributed by atoms with E-state index in [0.717, 1.165) is 0 Å². The lowest BCUT2D eigenvalue weighted by Gasteiger charge is -2.53. The highest BCUT2D eigenvalue weighted by Crippen LogP contribution is 2.81. The average Bonchev–Trinajstić information content (AvgIpc) is 3.24. The molecule has 0 aromatic heterocycles. The van der Waals surface area contributed by atoms with Crippen LogP contribution in [0.2, 0.25) is 0 Å². The minimum absolute atomic E-state index is 1.17. The summed E-state index contributed by atoms with van der Waals surface area (Å²) in [6.07, 6.45) is 15.3. The van der Waals surface area contributed by atoms with E-state index >= 15 is 0 Å². The summed E-state index contributed by atoms with van der Waals surface area (Å²) in [5.41, 5.74) is 4.71. The molecular weight excluding hydrogens is 691 g/mol. The van der Waals surface area contributed by atoms with E-state index in [2.05, 4.69) is 239 Å². The van der Waals surface area contributed by atoms with Crippen LogP contribution in [0.4, 0.5) is 22.7 Å². The lowest BCUT2D eigenvalue weighted by molar-refractivity contribution is 1.14. The molecule has 0 unspecified atom stereocenters. The third kappa shape index (κ3) is 5.37. The topological polar surface area (TPSA) is 6.48 Å². The molecule has 54 heavy (non-hydrogen) atoms. The predicted octanol–water partition coefficient (Wildman–Crippen LogP) is 14.5. The zero-order valence-electron chi connectivity index (χ0n) is 31.0. The Hall–Kier alpha value is -5.62. The van der Waals surface area contributed by atoms with Crippen LogP contribution in [0.1, 0.15) is 20.8 Å². The van der Waals surface area contributed by atoms with E-state index in [4.69, 9.17) is 0 Å². The zero-order valence-corrected chi connectivity index (χ0v) is 32.7. The summed E-state index contributed by atoms with van der Waals surface area (Å²) in [5.74, 6) is 0. The number of benzene rings is 6. The summed E-state index contributed by atoms with van der Waals surface area (Å²) in [4.78, 5) is 15.4. The Morgan fingerprint density at radius 3 is 1.13 bits per heavy atom. The van der Waals surface area contributed by atoms with E-state index in [1.54, 1.807) is 0 Å². The summed E-state index contributed by atoms with van der Waals surface area (Å²) in [6.45, 7) is 10.5. The summed E-state index contributed by atoms with van der Waals surface area (Å²) in [7, 11) is -1.39. The maximum absolute atomic E-state index is 4.04. The second-order valence-corrected chi connectivity index (χ2v) is 19.1. The molecule has 6 aromatic rings. The highest BCUT2D eigenvalue weighted by molar-refractivity contribution is 8.37. The van der Waals surface area contributed by atoms with Crippen molar-refractivity contribution in [2.24, 2.45) is 0 Å². The first kappa shape index (κ1) is 35.4. The lowest BCUT2D eigenvalue weighted by Crippen LogP contribution is -2.41. The van der Waals surface area contributed by atoms with Crippen LogP contribution >= 0.6 is 20.1 Å². The lowest BCUT2D eigenvalue weighted by atomic mass is 9.96. The van der Waals surface area contributed by atoms with Gasteiger partial charge in [-0.3, -0.25) is 0 Å². The second kappa shape index (κ2) is 15.0. The molecule has 0 saturated heterocycles. The Kier molecular flexibility index (Phi) is 9.85. The van der Waals surface area contributed by atoms with Crippen LogP contribution in [0.25, 0.3) is 0 Å². The van der Waals surface area contributed by atoms with Crippen molar-refractivity contribution in [1.29, 1.82) is 0 Å². The van der Waals surface area contributed by atoms with Crippen LogP contribution in [-0.2, 0) is 0 Å². The number of para-hydroxylation sites is 4. The fraction of sp³-hybridized carbons (Fsp3) is 0.0612. The number of rotatable bonds is 9. The number of allylic oxidation sites excluding steroid dienone is 7. The van der Waals surface area contributed by atoms with Gasteiger partial charge in [0.05, 0.1) is 0 Å². The van der Waals surface area contributed by atoms with Gasteiger partial charge in [0.1, 0.15) is 0 Å². The summed E-state index contributed by atoms with van der Waals surface area (Å²) in [6, 6.07) is 58.3. The molecule has 0 saturated carbocycles. The second-order valence-electron chi connectivity index (χ2n) is 13.1. The zero-order chi connectivity index (χ0) is 37.1. The molecule has 1 radical (unpaired) electrons. The molecule has 0 bridgehead atoms. The molecule has 0 N–H and O–H groups in total. The maximum Gasteiger partial charge on any atom is 0.401 e. The van der Waals surface area contributed by atoms with Gasteiger partial charge in [-0.25, -0.2) is 0 Å². The normalized spacial score (nSPS) is 16.9. The largest absolute Gasteiger partial charge is 0.401 e. The smallest absolute Gasteiger partial charge is 0.367 e. The molecule has 5 heteroatoms. The molecule has 6 aromatic carbocycles.